The molecule has 16 heavy (non-hydrogen) atoms. The van der Waals surface area contributed by atoms with Gasteiger partial charge < -0.3 is 5.32 Å². The fraction of sp³-hybridized carbons (Fsp3) is 0.417. The van der Waals surface area contributed by atoms with Crippen molar-refractivity contribution in [1.82, 2.24) is 0 Å². The molecule has 86 valence electrons. The maximum atomic E-state index is 13.4. The zero-order chi connectivity index (χ0) is 11.9. The van der Waals surface area contributed by atoms with E-state index in [2.05, 4.69) is 21.2 Å². The first-order valence-electron chi connectivity index (χ1n) is 5.36. The van der Waals surface area contributed by atoms with E-state index in [-0.39, 0.29) is 11.7 Å². The van der Waals surface area contributed by atoms with E-state index < -0.39 is 5.41 Å². The number of carbonyl (C=O) groups excluding carboxylic acids is 1. The Hall–Kier alpha value is -0.900. The highest BCUT2D eigenvalue weighted by molar-refractivity contribution is 9.10. The van der Waals surface area contributed by atoms with Gasteiger partial charge in [-0.2, -0.15) is 0 Å². The van der Waals surface area contributed by atoms with Crippen molar-refractivity contribution in [1.29, 1.82) is 0 Å². The molecule has 2 rings (SSSR count). The quantitative estimate of drug-likeness (QED) is 0.884. The summed E-state index contributed by atoms with van der Waals surface area (Å²) < 4.78 is 14.0. The summed E-state index contributed by atoms with van der Waals surface area (Å²) >= 11 is 3.28. The molecule has 0 saturated carbocycles. The number of carbonyl (C=O) groups is 1. The molecule has 1 aliphatic rings. The summed E-state index contributed by atoms with van der Waals surface area (Å²) in [6.07, 6.45) is 1.36. The fourth-order valence-corrected chi connectivity index (χ4v) is 2.92. The number of amides is 1. The van der Waals surface area contributed by atoms with Crippen LogP contribution in [0.15, 0.2) is 16.6 Å². The molecule has 2 nitrogen and oxygen atoms in total. The maximum absolute atomic E-state index is 13.4. The van der Waals surface area contributed by atoms with Crippen LogP contribution in [0.1, 0.15) is 32.3 Å². The van der Waals surface area contributed by atoms with Gasteiger partial charge in [0.2, 0.25) is 5.91 Å². The predicted octanol–water partition coefficient (Wildman–Crippen LogP) is 3.60. The lowest BCUT2D eigenvalue weighted by molar-refractivity contribution is -0.121. The molecule has 1 N–H and O–H groups in total. The van der Waals surface area contributed by atoms with Gasteiger partial charge in [-0.25, -0.2) is 4.39 Å². The Labute approximate surface area is 102 Å². The minimum Gasteiger partial charge on any atom is -0.324 e. The van der Waals surface area contributed by atoms with Crippen molar-refractivity contribution in [3.8, 4) is 0 Å². The zero-order valence-corrected chi connectivity index (χ0v) is 10.8. The Morgan fingerprint density at radius 1 is 1.38 bits per heavy atom. The largest absolute Gasteiger partial charge is 0.324 e. The van der Waals surface area contributed by atoms with Crippen LogP contribution in [-0.2, 0) is 10.2 Å². The predicted molar refractivity (Wildman–Crippen MR) is 65.0 cm³/mol. The van der Waals surface area contributed by atoms with E-state index in [4.69, 9.17) is 0 Å². The first-order chi connectivity index (χ1) is 7.55. The molecule has 0 atom stereocenters. The van der Waals surface area contributed by atoms with Gasteiger partial charge in [-0.1, -0.05) is 13.8 Å². The van der Waals surface area contributed by atoms with E-state index in [0.717, 1.165) is 11.3 Å². The maximum Gasteiger partial charge on any atom is 0.235 e. The molecule has 0 fully saturated rings. The Morgan fingerprint density at radius 2 is 2.00 bits per heavy atom. The summed E-state index contributed by atoms with van der Waals surface area (Å²) in [6.45, 7) is 3.91. The second kappa shape index (κ2) is 3.84. The van der Waals surface area contributed by atoms with Gasteiger partial charge in [-0.3, -0.25) is 4.79 Å². The van der Waals surface area contributed by atoms with Crippen LogP contribution in [0.25, 0.3) is 0 Å². The highest BCUT2D eigenvalue weighted by atomic mass is 79.9. The van der Waals surface area contributed by atoms with Gasteiger partial charge in [-0.05, 0) is 46.5 Å². The SMILES string of the molecule is CCC1(CC)C(=O)Nc2c(Br)cc(F)cc21. The molecule has 0 bridgehead atoms. The van der Waals surface area contributed by atoms with Gasteiger partial charge in [0.25, 0.3) is 0 Å². The standard InChI is InChI=1S/C12H13BrFNO/c1-3-12(4-2)8-5-7(14)6-9(13)10(8)15-11(12)16/h5-6H,3-4H2,1-2H3,(H,15,16). The average molecular weight is 286 g/mol. The van der Waals surface area contributed by atoms with Crippen LogP contribution in [0.2, 0.25) is 0 Å². The molecular formula is C12H13BrFNO. The van der Waals surface area contributed by atoms with Crippen molar-refractivity contribution in [3.05, 3.63) is 28.0 Å². The summed E-state index contributed by atoms with van der Waals surface area (Å²) in [5, 5.41) is 2.83. The Balaban J connectivity index is 2.69. The van der Waals surface area contributed by atoms with Crippen molar-refractivity contribution < 1.29 is 9.18 Å². The summed E-state index contributed by atoms with van der Waals surface area (Å²) in [4.78, 5) is 12.0. The summed E-state index contributed by atoms with van der Waals surface area (Å²) in [5.41, 5.74) is 0.921. The Morgan fingerprint density at radius 3 is 2.56 bits per heavy atom. The van der Waals surface area contributed by atoms with Crippen LogP contribution < -0.4 is 5.32 Å². The van der Waals surface area contributed by atoms with Gasteiger partial charge in [-0.15, -0.1) is 0 Å². The third-order valence-electron chi connectivity index (χ3n) is 3.45. The molecule has 0 spiro atoms. The molecule has 4 heteroatoms. The molecule has 1 aliphatic heterocycles. The van der Waals surface area contributed by atoms with E-state index in [9.17, 15) is 9.18 Å². The normalized spacial score (nSPS) is 17.1. The van der Waals surface area contributed by atoms with Gasteiger partial charge in [0.1, 0.15) is 5.82 Å². The van der Waals surface area contributed by atoms with Gasteiger partial charge >= 0.3 is 0 Å². The monoisotopic (exact) mass is 285 g/mol. The van der Waals surface area contributed by atoms with Gasteiger partial charge in [0.15, 0.2) is 0 Å². The Bertz CT molecular complexity index is 455. The fourth-order valence-electron chi connectivity index (χ4n) is 2.39. The number of hydrogen-bond donors (Lipinski definition) is 1. The zero-order valence-electron chi connectivity index (χ0n) is 9.23. The first-order valence-corrected chi connectivity index (χ1v) is 6.15. The lowest BCUT2D eigenvalue weighted by atomic mass is 9.77. The second-order valence-corrected chi connectivity index (χ2v) is 4.91. The van der Waals surface area contributed by atoms with E-state index >= 15 is 0 Å². The topological polar surface area (TPSA) is 29.1 Å². The first kappa shape index (κ1) is 11.6. The van der Waals surface area contributed by atoms with Crippen LogP contribution in [0.3, 0.4) is 0 Å². The number of nitrogens with one attached hydrogen (secondary N) is 1. The van der Waals surface area contributed by atoms with Gasteiger partial charge in [0, 0.05) is 4.47 Å². The van der Waals surface area contributed by atoms with Crippen molar-refractivity contribution in [2.75, 3.05) is 5.32 Å². The van der Waals surface area contributed by atoms with Crippen molar-refractivity contribution in [2.45, 2.75) is 32.1 Å². The summed E-state index contributed by atoms with van der Waals surface area (Å²) in [5.74, 6) is -0.341. The lowest BCUT2D eigenvalue weighted by Gasteiger charge is -2.23. The molecule has 0 saturated heterocycles. The highest BCUT2D eigenvalue weighted by Gasteiger charge is 2.44. The number of hydrogen-bond acceptors (Lipinski definition) is 1. The van der Waals surface area contributed by atoms with Crippen molar-refractivity contribution in [3.63, 3.8) is 0 Å². The Kier molecular flexibility index (Phi) is 2.78. The van der Waals surface area contributed by atoms with Gasteiger partial charge in [0.05, 0.1) is 11.1 Å². The van der Waals surface area contributed by atoms with Crippen LogP contribution >= 0.6 is 15.9 Å². The highest BCUT2D eigenvalue weighted by Crippen LogP contribution is 2.46. The number of anilines is 1. The van der Waals surface area contributed by atoms with Crippen LogP contribution in [-0.4, -0.2) is 5.91 Å². The number of benzene rings is 1. The molecule has 0 aliphatic carbocycles. The molecule has 0 radical (unpaired) electrons. The molecule has 0 aromatic heterocycles. The number of halogens is 2. The van der Waals surface area contributed by atoms with Crippen LogP contribution in [0.5, 0.6) is 0 Å². The smallest absolute Gasteiger partial charge is 0.235 e. The van der Waals surface area contributed by atoms with E-state index in [0.29, 0.717) is 17.3 Å². The van der Waals surface area contributed by atoms with E-state index in [1.54, 1.807) is 0 Å². The molecule has 1 aromatic carbocycles. The van der Waals surface area contributed by atoms with Crippen LogP contribution in [0.4, 0.5) is 10.1 Å². The molecule has 1 aromatic rings. The number of fused-ring (bicyclic) bond motifs is 1. The molecule has 1 amide bonds. The minimum absolute atomic E-state index is 0.0289. The summed E-state index contributed by atoms with van der Waals surface area (Å²) in [6, 6.07) is 2.84. The van der Waals surface area contributed by atoms with Crippen molar-refractivity contribution >= 4 is 27.5 Å². The molecule has 1 heterocycles. The van der Waals surface area contributed by atoms with Crippen LogP contribution in [0, 0.1) is 5.82 Å². The second-order valence-electron chi connectivity index (χ2n) is 4.05. The van der Waals surface area contributed by atoms with E-state index in [1.165, 1.54) is 12.1 Å². The molecular weight excluding hydrogens is 273 g/mol. The average Bonchev–Trinajstić information content (AvgIpc) is 2.52. The third kappa shape index (κ3) is 1.39. The number of rotatable bonds is 2. The summed E-state index contributed by atoms with van der Waals surface area (Å²) in [7, 11) is 0. The third-order valence-corrected chi connectivity index (χ3v) is 4.08. The van der Waals surface area contributed by atoms with E-state index in [1.807, 2.05) is 13.8 Å². The van der Waals surface area contributed by atoms with Crippen molar-refractivity contribution in [2.24, 2.45) is 0 Å². The molecule has 0 unspecified atom stereocenters. The minimum atomic E-state index is -0.569. The lowest BCUT2D eigenvalue weighted by Crippen LogP contribution is -2.32.